The number of hydrogen-bond donors (Lipinski definition) is 1. The Bertz CT molecular complexity index is 826. The topological polar surface area (TPSA) is 65.4 Å². The molecule has 0 radical (unpaired) electrons. The monoisotopic (exact) mass is 313 g/mol. The van der Waals surface area contributed by atoms with Crippen LogP contribution in [0.5, 0.6) is 11.5 Å². The molecule has 1 N–H and O–H groups in total. The number of carbonyl (C=O) groups excluding carboxylic acids is 1. The largest absolute Gasteiger partial charge is 0.454 e. The van der Waals surface area contributed by atoms with Crippen molar-refractivity contribution in [3.8, 4) is 16.6 Å². The number of hydrogen-bond acceptors (Lipinski definition) is 5. The Morgan fingerprint density at radius 2 is 2.05 bits per heavy atom. The quantitative estimate of drug-likeness (QED) is 0.807. The maximum absolute atomic E-state index is 12.2. The van der Waals surface area contributed by atoms with E-state index in [1.165, 1.54) is 11.3 Å². The van der Waals surface area contributed by atoms with Gasteiger partial charge < -0.3 is 19.4 Å². The summed E-state index contributed by atoms with van der Waals surface area (Å²) in [6, 6.07) is 9.09. The van der Waals surface area contributed by atoms with Gasteiger partial charge in [0.25, 0.3) is 5.91 Å². The third-order valence-electron chi connectivity index (χ3n) is 3.18. The van der Waals surface area contributed by atoms with Crippen molar-refractivity contribution in [1.82, 2.24) is 9.55 Å². The number of fused-ring (bicyclic) bond motifs is 1. The van der Waals surface area contributed by atoms with Crippen LogP contribution in [0.4, 0.5) is 5.69 Å². The summed E-state index contributed by atoms with van der Waals surface area (Å²) in [6.07, 6.45) is 3.77. The zero-order valence-corrected chi connectivity index (χ0v) is 12.2. The minimum absolute atomic E-state index is 0.207. The van der Waals surface area contributed by atoms with Crippen molar-refractivity contribution >= 4 is 22.9 Å². The van der Waals surface area contributed by atoms with Gasteiger partial charge in [0.2, 0.25) is 6.79 Å². The molecule has 3 aromatic rings. The predicted molar refractivity (Wildman–Crippen MR) is 82.0 cm³/mol. The standard InChI is InChI=1S/C15H11N3O3S/c19-14(11-8-22-15(17-11)18-5-1-2-6-18)16-10-3-4-12-13(7-10)21-9-20-12/h1-8H,9H2,(H,16,19). The summed E-state index contributed by atoms with van der Waals surface area (Å²) < 4.78 is 12.4. The van der Waals surface area contributed by atoms with Crippen LogP contribution >= 0.6 is 11.3 Å². The lowest BCUT2D eigenvalue weighted by molar-refractivity contribution is 0.102. The molecule has 0 bridgehead atoms. The average molecular weight is 313 g/mol. The van der Waals surface area contributed by atoms with Gasteiger partial charge in [0, 0.05) is 29.5 Å². The fourth-order valence-corrected chi connectivity index (χ4v) is 2.89. The highest BCUT2D eigenvalue weighted by atomic mass is 32.1. The first-order valence-electron chi connectivity index (χ1n) is 6.59. The number of nitrogens with one attached hydrogen (secondary N) is 1. The summed E-state index contributed by atoms with van der Waals surface area (Å²) in [5.41, 5.74) is 1.02. The van der Waals surface area contributed by atoms with Crippen molar-refractivity contribution in [3.05, 3.63) is 53.8 Å². The molecule has 7 heteroatoms. The molecule has 3 heterocycles. The molecule has 0 unspecified atom stereocenters. The number of ether oxygens (including phenoxy) is 2. The first-order valence-corrected chi connectivity index (χ1v) is 7.47. The number of anilines is 1. The number of nitrogens with zero attached hydrogens (tertiary/aromatic N) is 2. The highest BCUT2D eigenvalue weighted by molar-refractivity contribution is 7.12. The number of amides is 1. The number of carbonyl (C=O) groups is 1. The van der Waals surface area contributed by atoms with E-state index < -0.39 is 0 Å². The molecule has 0 saturated carbocycles. The SMILES string of the molecule is O=C(Nc1ccc2c(c1)OCO2)c1csc(-n2cccc2)n1. The summed E-state index contributed by atoms with van der Waals surface area (Å²) in [4.78, 5) is 16.6. The van der Waals surface area contributed by atoms with E-state index in [-0.39, 0.29) is 12.7 Å². The fraction of sp³-hybridized carbons (Fsp3) is 0.0667. The maximum Gasteiger partial charge on any atom is 0.275 e. The molecule has 1 aliphatic rings. The highest BCUT2D eigenvalue weighted by Gasteiger charge is 2.16. The van der Waals surface area contributed by atoms with Crippen LogP contribution in [0.2, 0.25) is 0 Å². The Kier molecular flexibility index (Phi) is 3.05. The number of rotatable bonds is 3. The van der Waals surface area contributed by atoms with Gasteiger partial charge in [-0.3, -0.25) is 4.79 Å². The Balaban J connectivity index is 1.53. The molecular weight excluding hydrogens is 302 g/mol. The Hall–Kier alpha value is -2.80. The lowest BCUT2D eigenvalue weighted by atomic mass is 10.2. The van der Waals surface area contributed by atoms with Gasteiger partial charge in [-0.2, -0.15) is 0 Å². The van der Waals surface area contributed by atoms with Gasteiger partial charge in [-0.05, 0) is 24.3 Å². The molecule has 6 nitrogen and oxygen atoms in total. The number of thiazole rings is 1. The van der Waals surface area contributed by atoms with E-state index in [1.807, 2.05) is 29.1 Å². The van der Waals surface area contributed by atoms with Crippen LogP contribution < -0.4 is 14.8 Å². The molecule has 0 saturated heterocycles. The van der Waals surface area contributed by atoms with Crippen molar-refractivity contribution in [1.29, 1.82) is 0 Å². The van der Waals surface area contributed by atoms with Gasteiger partial charge in [0.05, 0.1) is 0 Å². The highest BCUT2D eigenvalue weighted by Crippen LogP contribution is 2.34. The molecule has 1 aliphatic heterocycles. The second kappa shape index (κ2) is 5.19. The lowest BCUT2D eigenvalue weighted by Crippen LogP contribution is -2.12. The van der Waals surface area contributed by atoms with Gasteiger partial charge in [-0.25, -0.2) is 4.98 Å². The normalized spacial score (nSPS) is 12.4. The summed E-state index contributed by atoms with van der Waals surface area (Å²) in [5, 5.41) is 5.29. The average Bonchev–Trinajstić information content (AvgIpc) is 3.26. The van der Waals surface area contributed by atoms with Crippen molar-refractivity contribution < 1.29 is 14.3 Å². The van der Waals surface area contributed by atoms with Gasteiger partial charge in [-0.1, -0.05) is 0 Å². The summed E-state index contributed by atoms with van der Waals surface area (Å²) >= 11 is 1.41. The van der Waals surface area contributed by atoms with Crippen LogP contribution in [0.15, 0.2) is 48.1 Å². The molecule has 2 aromatic heterocycles. The van der Waals surface area contributed by atoms with E-state index in [9.17, 15) is 4.79 Å². The van der Waals surface area contributed by atoms with Gasteiger partial charge >= 0.3 is 0 Å². The van der Waals surface area contributed by atoms with E-state index in [4.69, 9.17) is 9.47 Å². The van der Waals surface area contributed by atoms with Crippen molar-refractivity contribution in [3.63, 3.8) is 0 Å². The van der Waals surface area contributed by atoms with Crippen LogP contribution in [0.3, 0.4) is 0 Å². The molecule has 1 aromatic carbocycles. The minimum atomic E-state index is -0.256. The second-order valence-corrected chi connectivity index (χ2v) is 5.46. The fourth-order valence-electron chi connectivity index (χ4n) is 2.12. The van der Waals surface area contributed by atoms with Crippen LogP contribution in [0.25, 0.3) is 5.13 Å². The molecule has 0 fully saturated rings. The molecule has 0 atom stereocenters. The smallest absolute Gasteiger partial charge is 0.275 e. The van der Waals surface area contributed by atoms with Crippen LogP contribution in [0.1, 0.15) is 10.5 Å². The zero-order chi connectivity index (χ0) is 14.9. The van der Waals surface area contributed by atoms with E-state index in [1.54, 1.807) is 23.6 Å². The van der Waals surface area contributed by atoms with Crippen molar-refractivity contribution in [2.45, 2.75) is 0 Å². The summed E-state index contributed by atoms with van der Waals surface area (Å²) in [5.74, 6) is 1.05. The molecule has 4 rings (SSSR count). The van der Waals surface area contributed by atoms with Crippen LogP contribution in [-0.4, -0.2) is 22.3 Å². The maximum atomic E-state index is 12.2. The van der Waals surface area contributed by atoms with Gasteiger partial charge in [0.1, 0.15) is 5.69 Å². The first-order chi connectivity index (χ1) is 10.8. The van der Waals surface area contributed by atoms with Crippen molar-refractivity contribution in [2.75, 3.05) is 12.1 Å². The number of aromatic nitrogens is 2. The first kappa shape index (κ1) is 12.9. The van der Waals surface area contributed by atoms with Gasteiger partial charge in [0.15, 0.2) is 16.6 Å². The minimum Gasteiger partial charge on any atom is -0.454 e. The Morgan fingerprint density at radius 3 is 2.91 bits per heavy atom. The van der Waals surface area contributed by atoms with Crippen molar-refractivity contribution in [2.24, 2.45) is 0 Å². The molecular formula is C15H11N3O3S. The van der Waals surface area contributed by atoms with Crippen LogP contribution in [0, 0.1) is 0 Å². The third kappa shape index (κ3) is 2.31. The summed E-state index contributed by atoms with van der Waals surface area (Å²) in [6.45, 7) is 0.207. The van der Waals surface area contributed by atoms with E-state index in [2.05, 4.69) is 10.3 Å². The molecule has 0 spiro atoms. The van der Waals surface area contributed by atoms with E-state index in [0.29, 0.717) is 22.9 Å². The number of benzene rings is 1. The zero-order valence-electron chi connectivity index (χ0n) is 11.4. The van der Waals surface area contributed by atoms with Gasteiger partial charge in [-0.15, -0.1) is 11.3 Å². The second-order valence-electron chi connectivity index (χ2n) is 4.63. The third-order valence-corrected chi connectivity index (χ3v) is 4.03. The Labute approximate surface area is 129 Å². The van der Waals surface area contributed by atoms with Crippen LogP contribution in [-0.2, 0) is 0 Å². The molecule has 110 valence electrons. The van der Waals surface area contributed by atoms with E-state index in [0.717, 1.165) is 5.13 Å². The Morgan fingerprint density at radius 1 is 1.23 bits per heavy atom. The summed E-state index contributed by atoms with van der Waals surface area (Å²) in [7, 11) is 0. The molecule has 1 amide bonds. The molecule has 22 heavy (non-hydrogen) atoms. The lowest BCUT2D eigenvalue weighted by Gasteiger charge is -2.04. The van der Waals surface area contributed by atoms with E-state index >= 15 is 0 Å². The predicted octanol–water partition coefficient (Wildman–Crippen LogP) is 2.91. The molecule has 0 aliphatic carbocycles.